The van der Waals surface area contributed by atoms with E-state index in [2.05, 4.69) is 10.3 Å². The maximum atomic E-state index is 13.2. The molecule has 162 valence electrons. The summed E-state index contributed by atoms with van der Waals surface area (Å²) in [5, 5.41) is 2.76. The SMILES string of the molecule is C[C@H](C(=O)NCc1ccncc1)N(Cc1ccc(F)cc1)C(=O)CN(C)S(C)(=O)=O. The van der Waals surface area contributed by atoms with E-state index in [0.29, 0.717) is 5.56 Å². The summed E-state index contributed by atoms with van der Waals surface area (Å²) < 4.78 is 37.5. The molecule has 2 amide bonds. The van der Waals surface area contributed by atoms with Crippen LogP contribution >= 0.6 is 0 Å². The average Bonchev–Trinajstić information content (AvgIpc) is 2.71. The number of likely N-dealkylation sites (N-methyl/N-ethyl adjacent to an activating group) is 1. The molecule has 1 heterocycles. The number of pyridine rings is 1. The van der Waals surface area contributed by atoms with Gasteiger partial charge in [-0.1, -0.05) is 12.1 Å². The van der Waals surface area contributed by atoms with Crippen LogP contribution in [0, 0.1) is 5.82 Å². The number of amides is 2. The Bertz CT molecular complexity index is 968. The summed E-state index contributed by atoms with van der Waals surface area (Å²) >= 11 is 0. The Morgan fingerprint density at radius 1 is 1.10 bits per heavy atom. The van der Waals surface area contributed by atoms with Gasteiger partial charge in [-0.2, -0.15) is 4.31 Å². The molecule has 0 saturated heterocycles. The van der Waals surface area contributed by atoms with Crippen molar-refractivity contribution < 1.29 is 22.4 Å². The molecule has 30 heavy (non-hydrogen) atoms. The fourth-order valence-corrected chi connectivity index (χ4v) is 2.95. The number of nitrogens with one attached hydrogen (secondary N) is 1. The molecule has 2 rings (SSSR count). The van der Waals surface area contributed by atoms with Crippen LogP contribution in [0.3, 0.4) is 0 Å². The van der Waals surface area contributed by atoms with E-state index in [1.54, 1.807) is 31.5 Å². The Balaban J connectivity index is 2.16. The van der Waals surface area contributed by atoms with Gasteiger partial charge in [-0.25, -0.2) is 12.8 Å². The van der Waals surface area contributed by atoms with Gasteiger partial charge in [-0.05, 0) is 42.3 Å². The number of halogens is 1. The highest BCUT2D eigenvalue weighted by Gasteiger charge is 2.28. The molecule has 1 atom stereocenters. The van der Waals surface area contributed by atoms with Gasteiger partial charge in [0.15, 0.2) is 0 Å². The molecule has 0 aliphatic carbocycles. The number of hydrogen-bond donors (Lipinski definition) is 1. The lowest BCUT2D eigenvalue weighted by Gasteiger charge is -2.30. The largest absolute Gasteiger partial charge is 0.350 e. The van der Waals surface area contributed by atoms with Gasteiger partial charge >= 0.3 is 0 Å². The molecule has 1 N–H and O–H groups in total. The van der Waals surface area contributed by atoms with Gasteiger partial charge in [-0.3, -0.25) is 14.6 Å². The van der Waals surface area contributed by atoms with Gasteiger partial charge in [0.2, 0.25) is 21.8 Å². The smallest absolute Gasteiger partial charge is 0.242 e. The molecule has 0 radical (unpaired) electrons. The number of hydrogen-bond acceptors (Lipinski definition) is 5. The summed E-state index contributed by atoms with van der Waals surface area (Å²) in [6.45, 7) is 1.43. The molecule has 0 bridgehead atoms. The maximum absolute atomic E-state index is 13.2. The quantitative estimate of drug-likeness (QED) is 0.636. The van der Waals surface area contributed by atoms with Crippen molar-refractivity contribution in [2.45, 2.75) is 26.1 Å². The standard InChI is InChI=1S/C20H25FN4O4S/c1-15(20(27)23-12-16-8-10-22-11-9-16)25(13-17-4-6-18(21)7-5-17)19(26)14-24(2)30(3,28)29/h4-11,15H,12-14H2,1-3H3,(H,23,27)/t15-/m1/s1. The predicted molar refractivity (Wildman–Crippen MR) is 110 cm³/mol. The number of carbonyl (C=O) groups is 2. The number of benzene rings is 1. The third-order valence-corrected chi connectivity index (χ3v) is 5.84. The molecule has 0 fully saturated rings. The summed E-state index contributed by atoms with van der Waals surface area (Å²) in [7, 11) is -2.28. The van der Waals surface area contributed by atoms with Crippen molar-refractivity contribution in [3.63, 3.8) is 0 Å². The van der Waals surface area contributed by atoms with Crippen LogP contribution < -0.4 is 5.32 Å². The van der Waals surface area contributed by atoms with Crippen LogP contribution in [-0.2, 0) is 32.7 Å². The molecule has 8 nitrogen and oxygen atoms in total. The van der Waals surface area contributed by atoms with Gasteiger partial charge < -0.3 is 10.2 Å². The zero-order valence-corrected chi connectivity index (χ0v) is 17.9. The van der Waals surface area contributed by atoms with Gasteiger partial charge in [0.25, 0.3) is 0 Å². The lowest BCUT2D eigenvalue weighted by Crippen LogP contribution is -2.50. The van der Waals surface area contributed by atoms with E-state index in [-0.39, 0.29) is 13.1 Å². The number of nitrogens with zero attached hydrogens (tertiary/aromatic N) is 3. The first-order valence-electron chi connectivity index (χ1n) is 9.19. The second-order valence-corrected chi connectivity index (χ2v) is 9.01. The predicted octanol–water partition coefficient (Wildman–Crippen LogP) is 1.15. The van der Waals surface area contributed by atoms with Crippen LogP contribution in [0.25, 0.3) is 0 Å². The van der Waals surface area contributed by atoms with Gasteiger partial charge in [0, 0.05) is 32.5 Å². The van der Waals surface area contributed by atoms with Crippen LogP contribution in [0.2, 0.25) is 0 Å². The zero-order valence-electron chi connectivity index (χ0n) is 17.1. The lowest BCUT2D eigenvalue weighted by molar-refractivity contribution is -0.140. The van der Waals surface area contributed by atoms with E-state index >= 15 is 0 Å². The van der Waals surface area contributed by atoms with Crippen molar-refractivity contribution in [3.8, 4) is 0 Å². The molecule has 10 heteroatoms. The second kappa shape index (κ2) is 10.3. The van der Waals surface area contributed by atoms with Crippen molar-refractivity contribution >= 4 is 21.8 Å². The zero-order chi connectivity index (χ0) is 22.3. The molecular weight excluding hydrogens is 411 g/mol. The Morgan fingerprint density at radius 2 is 1.70 bits per heavy atom. The van der Waals surface area contributed by atoms with Crippen molar-refractivity contribution in [2.24, 2.45) is 0 Å². The van der Waals surface area contributed by atoms with Crippen LogP contribution in [0.15, 0.2) is 48.8 Å². The highest BCUT2D eigenvalue weighted by atomic mass is 32.2. The monoisotopic (exact) mass is 436 g/mol. The summed E-state index contributed by atoms with van der Waals surface area (Å²) in [4.78, 5) is 30.7. The highest BCUT2D eigenvalue weighted by molar-refractivity contribution is 7.88. The molecule has 0 aliphatic heterocycles. The summed E-state index contributed by atoms with van der Waals surface area (Å²) in [6, 6.07) is 8.18. The molecule has 1 aromatic heterocycles. The summed E-state index contributed by atoms with van der Waals surface area (Å²) in [5.41, 5.74) is 1.46. The van der Waals surface area contributed by atoms with Crippen LogP contribution in [0.1, 0.15) is 18.1 Å². The number of rotatable bonds is 9. The first-order valence-corrected chi connectivity index (χ1v) is 11.0. The van der Waals surface area contributed by atoms with E-state index in [1.165, 1.54) is 36.2 Å². The minimum Gasteiger partial charge on any atom is -0.350 e. The fraction of sp³-hybridized carbons (Fsp3) is 0.350. The van der Waals surface area contributed by atoms with Crippen LogP contribution in [0.4, 0.5) is 4.39 Å². The topological polar surface area (TPSA) is 99.7 Å². The minimum atomic E-state index is -3.57. The van der Waals surface area contributed by atoms with Crippen molar-refractivity contribution in [3.05, 3.63) is 65.7 Å². The van der Waals surface area contributed by atoms with E-state index in [4.69, 9.17) is 0 Å². The molecule has 0 spiro atoms. The Hall–Kier alpha value is -2.85. The Morgan fingerprint density at radius 3 is 2.27 bits per heavy atom. The molecule has 0 saturated carbocycles. The molecule has 2 aromatic rings. The van der Waals surface area contributed by atoms with Crippen LogP contribution in [-0.4, -0.2) is 60.3 Å². The van der Waals surface area contributed by atoms with Gasteiger partial charge in [0.1, 0.15) is 11.9 Å². The third kappa shape index (κ3) is 6.89. The number of sulfonamides is 1. The van der Waals surface area contributed by atoms with Crippen molar-refractivity contribution in [1.82, 2.24) is 19.5 Å². The van der Waals surface area contributed by atoms with Crippen molar-refractivity contribution in [1.29, 1.82) is 0 Å². The highest BCUT2D eigenvalue weighted by Crippen LogP contribution is 2.12. The maximum Gasteiger partial charge on any atom is 0.242 e. The summed E-state index contributed by atoms with van der Waals surface area (Å²) in [6.07, 6.45) is 4.21. The van der Waals surface area contributed by atoms with E-state index < -0.39 is 40.2 Å². The van der Waals surface area contributed by atoms with Gasteiger partial charge in [-0.15, -0.1) is 0 Å². The van der Waals surface area contributed by atoms with Crippen LogP contribution in [0.5, 0.6) is 0 Å². The number of aromatic nitrogens is 1. The molecule has 1 aromatic carbocycles. The molecule has 0 aliphatic rings. The molecular formula is C20H25FN4O4S. The van der Waals surface area contributed by atoms with Gasteiger partial charge in [0.05, 0.1) is 12.8 Å². The lowest BCUT2D eigenvalue weighted by atomic mass is 10.1. The van der Waals surface area contributed by atoms with E-state index in [9.17, 15) is 22.4 Å². The first kappa shape index (κ1) is 23.4. The average molecular weight is 437 g/mol. The number of carbonyl (C=O) groups excluding carboxylic acids is 2. The minimum absolute atomic E-state index is 0.0283. The normalized spacial score (nSPS) is 12.4. The second-order valence-electron chi connectivity index (χ2n) is 6.92. The Kier molecular flexibility index (Phi) is 8.01. The third-order valence-electron chi connectivity index (χ3n) is 4.57. The fourth-order valence-electron chi connectivity index (χ4n) is 2.61. The van der Waals surface area contributed by atoms with E-state index in [1.807, 2.05) is 0 Å². The Labute approximate surface area is 175 Å². The van der Waals surface area contributed by atoms with E-state index in [0.717, 1.165) is 16.1 Å². The van der Waals surface area contributed by atoms with Crippen molar-refractivity contribution in [2.75, 3.05) is 19.8 Å². The summed E-state index contributed by atoms with van der Waals surface area (Å²) in [5.74, 6) is -1.36. The first-order chi connectivity index (χ1) is 14.1. The molecule has 0 unspecified atom stereocenters.